The summed E-state index contributed by atoms with van der Waals surface area (Å²) in [6.07, 6.45) is 30.0. The lowest BCUT2D eigenvalue weighted by Crippen LogP contribution is -2.32. The molecule has 0 aliphatic heterocycles. The molecule has 2 aromatic carbocycles. The highest BCUT2D eigenvalue weighted by molar-refractivity contribution is 5.65. The lowest BCUT2D eigenvalue weighted by atomic mass is 10.1. The van der Waals surface area contributed by atoms with Crippen LogP contribution in [-0.2, 0) is 13.1 Å². The highest BCUT2D eigenvalue weighted by Crippen LogP contribution is 2.28. The van der Waals surface area contributed by atoms with Crippen LogP contribution in [0.5, 0.6) is 23.0 Å². The van der Waals surface area contributed by atoms with E-state index in [9.17, 15) is 0 Å². The molecule has 0 N–H and O–H groups in total. The molecule has 0 bridgehead atoms. The Morgan fingerprint density at radius 2 is 0.630 bits per heavy atom. The van der Waals surface area contributed by atoms with Gasteiger partial charge in [0.1, 0.15) is 36.1 Å². The first kappa shape index (κ1) is 35.2. The number of aryl methyl sites for hydroxylation is 2. The van der Waals surface area contributed by atoms with Crippen LogP contribution in [0.1, 0.15) is 117 Å². The minimum absolute atomic E-state index is 0.841. The van der Waals surface area contributed by atoms with Crippen LogP contribution in [-0.4, -0.2) is 0 Å². The van der Waals surface area contributed by atoms with E-state index in [-0.39, 0.29) is 0 Å². The molecule has 0 unspecified atom stereocenters. The molecule has 4 heteroatoms. The number of aromatic nitrogens is 2. The van der Waals surface area contributed by atoms with Crippen molar-refractivity contribution >= 4 is 0 Å². The number of ether oxygens (including phenoxy) is 2. The second-order valence-corrected chi connectivity index (χ2v) is 12.7. The highest BCUT2D eigenvalue weighted by atomic mass is 16.5. The van der Waals surface area contributed by atoms with E-state index >= 15 is 0 Å². The molecule has 0 radical (unpaired) electrons. The Hall–Kier alpha value is -3.66. The number of unbranched alkanes of at least 4 members (excludes halogenated alkanes) is 14. The Morgan fingerprint density at radius 1 is 0.348 bits per heavy atom. The van der Waals surface area contributed by atoms with Gasteiger partial charge in [0.05, 0.1) is 0 Å². The summed E-state index contributed by atoms with van der Waals surface area (Å²) >= 11 is 0. The zero-order valence-electron chi connectivity index (χ0n) is 28.7. The summed E-state index contributed by atoms with van der Waals surface area (Å²) in [5.74, 6) is 3.41. The van der Waals surface area contributed by atoms with E-state index in [0.29, 0.717) is 0 Å². The van der Waals surface area contributed by atoms with Gasteiger partial charge in [0, 0.05) is 37.1 Å². The fraction of sp³-hybridized carbons (Fsp3) is 0.476. The maximum Gasteiger partial charge on any atom is 0.172 e. The van der Waals surface area contributed by atoms with Crippen molar-refractivity contribution in [2.24, 2.45) is 0 Å². The highest BCUT2D eigenvalue weighted by Gasteiger charge is 2.07. The number of benzene rings is 2. The number of nitrogens with zero attached hydrogens (tertiary/aromatic N) is 2. The number of hydrogen-bond acceptors (Lipinski definition) is 2. The first-order chi connectivity index (χ1) is 22.7. The fourth-order valence-corrected chi connectivity index (χ4v) is 5.88. The van der Waals surface area contributed by atoms with Crippen LogP contribution in [0.4, 0.5) is 0 Å². The van der Waals surface area contributed by atoms with Crippen molar-refractivity contribution in [3.63, 3.8) is 0 Å². The predicted octanol–water partition coefficient (Wildman–Crippen LogP) is 11.8. The Labute approximate surface area is 279 Å². The molecule has 2 aromatic heterocycles. The van der Waals surface area contributed by atoms with Crippen LogP contribution < -0.4 is 18.6 Å². The molecule has 0 fully saturated rings. The Kier molecular flexibility index (Phi) is 16.2. The smallest absolute Gasteiger partial charge is 0.172 e. The summed E-state index contributed by atoms with van der Waals surface area (Å²) in [5, 5.41) is 0. The van der Waals surface area contributed by atoms with Gasteiger partial charge in [-0.15, -0.1) is 0 Å². The molecule has 0 aliphatic carbocycles. The van der Waals surface area contributed by atoms with Gasteiger partial charge < -0.3 is 9.47 Å². The summed E-state index contributed by atoms with van der Waals surface area (Å²) in [6, 6.07) is 24.8. The minimum Gasteiger partial charge on any atom is -0.457 e. The maximum atomic E-state index is 6.12. The van der Waals surface area contributed by atoms with E-state index in [1.165, 1.54) is 103 Å². The zero-order valence-corrected chi connectivity index (χ0v) is 28.7. The predicted molar refractivity (Wildman–Crippen MR) is 191 cm³/mol. The molecular weight excluding hydrogens is 564 g/mol. The van der Waals surface area contributed by atoms with Gasteiger partial charge in [0.25, 0.3) is 0 Å². The molecule has 0 saturated carbocycles. The molecule has 246 valence electrons. The number of pyridine rings is 2. The monoisotopic (exact) mass is 622 g/mol. The second-order valence-electron chi connectivity index (χ2n) is 12.7. The van der Waals surface area contributed by atoms with Crippen molar-refractivity contribution in [3.8, 4) is 34.1 Å². The fourth-order valence-electron chi connectivity index (χ4n) is 5.88. The van der Waals surface area contributed by atoms with Crippen molar-refractivity contribution in [1.29, 1.82) is 0 Å². The van der Waals surface area contributed by atoms with Crippen LogP contribution in [0.15, 0.2) is 97.6 Å². The molecule has 4 rings (SSSR count). The maximum absolute atomic E-state index is 6.12. The molecule has 46 heavy (non-hydrogen) atoms. The third-order valence-corrected chi connectivity index (χ3v) is 8.77. The first-order valence-electron chi connectivity index (χ1n) is 18.3. The van der Waals surface area contributed by atoms with Gasteiger partial charge in [0.2, 0.25) is 0 Å². The number of rotatable bonds is 23. The molecule has 2 heterocycles. The third-order valence-electron chi connectivity index (χ3n) is 8.77. The van der Waals surface area contributed by atoms with Gasteiger partial charge in [-0.3, -0.25) is 0 Å². The molecule has 0 saturated heterocycles. The van der Waals surface area contributed by atoms with E-state index in [4.69, 9.17) is 9.47 Å². The summed E-state index contributed by atoms with van der Waals surface area (Å²) in [7, 11) is 0. The van der Waals surface area contributed by atoms with Crippen molar-refractivity contribution in [3.05, 3.63) is 97.6 Å². The van der Waals surface area contributed by atoms with E-state index in [1.54, 1.807) is 0 Å². The first-order valence-corrected chi connectivity index (χ1v) is 18.3. The molecule has 0 amide bonds. The average molecular weight is 623 g/mol. The molecule has 0 spiro atoms. The topological polar surface area (TPSA) is 26.2 Å². The van der Waals surface area contributed by atoms with E-state index < -0.39 is 0 Å². The number of hydrogen-bond donors (Lipinski definition) is 0. The van der Waals surface area contributed by atoms with Gasteiger partial charge in [-0.25, -0.2) is 9.13 Å². The van der Waals surface area contributed by atoms with Crippen LogP contribution in [0, 0.1) is 0 Å². The van der Waals surface area contributed by atoms with Gasteiger partial charge in [-0.2, -0.15) is 0 Å². The zero-order chi connectivity index (χ0) is 32.1. The SMILES string of the molecule is CCCCCCCCCC[n+]1ccc(Oc2ccc(-c3ccc(Oc4cc[n+](CCCCCCCCCC)cc4)cc3)cc2)cc1. The normalized spacial score (nSPS) is 11.1. The summed E-state index contributed by atoms with van der Waals surface area (Å²) in [6.45, 7) is 6.69. The van der Waals surface area contributed by atoms with Crippen LogP contribution in [0.25, 0.3) is 11.1 Å². The minimum atomic E-state index is 0.841. The molecule has 0 atom stereocenters. The second kappa shape index (κ2) is 21.2. The third kappa shape index (κ3) is 13.4. The van der Waals surface area contributed by atoms with E-state index in [0.717, 1.165) is 47.2 Å². The Balaban J connectivity index is 1.15. The van der Waals surface area contributed by atoms with Crippen molar-refractivity contribution in [2.45, 2.75) is 130 Å². The average Bonchev–Trinajstić information content (AvgIpc) is 3.09. The molecule has 4 aromatic rings. The largest absolute Gasteiger partial charge is 0.457 e. The quantitative estimate of drug-likeness (QED) is 0.0607. The van der Waals surface area contributed by atoms with Crippen molar-refractivity contribution in [1.82, 2.24) is 0 Å². The van der Waals surface area contributed by atoms with E-state index in [1.807, 2.05) is 24.3 Å². The van der Waals surface area contributed by atoms with E-state index in [2.05, 4.69) is 96.3 Å². The van der Waals surface area contributed by atoms with Gasteiger partial charge in [0.15, 0.2) is 24.8 Å². The lowest BCUT2D eigenvalue weighted by molar-refractivity contribution is -0.697. The van der Waals surface area contributed by atoms with Gasteiger partial charge in [-0.1, -0.05) is 115 Å². The van der Waals surface area contributed by atoms with Gasteiger partial charge in [-0.05, 0) is 48.2 Å². The van der Waals surface area contributed by atoms with Crippen LogP contribution in [0.3, 0.4) is 0 Å². The Morgan fingerprint density at radius 3 is 0.957 bits per heavy atom. The summed E-state index contributed by atoms with van der Waals surface area (Å²) in [4.78, 5) is 0. The summed E-state index contributed by atoms with van der Waals surface area (Å²) < 4.78 is 16.8. The standard InChI is InChI=1S/C42H58N2O2/c1-3-5-7-9-11-13-15-17-31-43-33-27-41(28-34-43)45-39-23-19-37(20-24-39)38-21-25-40(26-22-38)46-42-29-35-44(36-30-42)32-18-16-14-12-10-8-6-4-2/h19-30,33-36H,3-18,31-32H2,1-2H3/q+2. The molecule has 0 aliphatic rings. The molecular formula is C42H58N2O2+2. The Bertz CT molecular complexity index is 1230. The van der Waals surface area contributed by atoms with Gasteiger partial charge >= 0.3 is 0 Å². The lowest BCUT2D eigenvalue weighted by Gasteiger charge is -2.08. The van der Waals surface area contributed by atoms with Crippen LogP contribution >= 0.6 is 0 Å². The van der Waals surface area contributed by atoms with Crippen molar-refractivity contribution in [2.75, 3.05) is 0 Å². The summed E-state index contributed by atoms with van der Waals surface area (Å²) in [5.41, 5.74) is 2.30. The molecule has 4 nitrogen and oxygen atoms in total. The van der Waals surface area contributed by atoms with Crippen LogP contribution in [0.2, 0.25) is 0 Å². The van der Waals surface area contributed by atoms with Crippen molar-refractivity contribution < 1.29 is 18.6 Å².